The van der Waals surface area contributed by atoms with E-state index in [2.05, 4.69) is 5.32 Å². The summed E-state index contributed by atoms with van der Waals surface area (Å²) in [5.41, 5.74) is -3.96. The number of methoxy groups -OCH3 is 1. The van der Waals surface area contributed by atoms with Gasteiger partial charge in [-0.2, -0.15) is 13.2 Å². The van der Waals surface area contributed by atoms with E-state index in [-0.39, 0.29) is 5.69 Å². The van der Waals surface area contributed by atoms with Crippen molar-refractivity contribution in [2.45, 2.75) is 25.6 Å². The number of nitro benzene ring substituents is 1. The summed E-state index contributed by atoms with van der Waals surface area (Å²) in [6, 6.07) is 2.23. The number of benzene rings is 1. The van der Waals surface area contributed by atoms with E-state index in [1.165, 1.54) is 21.0 Å². The molecule has 0 saturated carbocycles. The van der Waals surface area contributed by atoms with E-state index >= 15 is 0 Å². The minimum Gasteiger partial charge on any atom is -0.369 e. The number of amides is 1. The first-order valence-electron chi connectivity index (χ1n) is 5.71. The first-order chi connectivity index (χ1) is 9.49. The number of carbonyl (C=O) groups is 1. The minimum absolute atomic E-state index is 0.206. The van der Waals surface area contributed by atoms with Crippen molar-refractivity contribution in [3.05, 3.63) is 33.9 Å². The molecule has 0 spiro atoms. The van der Waals surface area contributed by atoms with E-state index in [4.69, 9.17) is 4.74 Å². The van der Waals surface area contributed by atoms with Gasteiger partial charge < -0.3 is 10.1 Å². The number of alkyl halides is 3. The van der Waals surface area contributed by atoms with Crippen LogP contribution in [0.15, 0.2) is 18.2 Å². The van der Waals surface area contributed by atoms with Crippen LogP contribution in [0.2, 0.25) is 0 Å². The van der Waals surface area contributed by atoms with Crippen LogP contribution in [0, 0.1) is 10.1 Å². The molecule has 0 fully saturated rings. The summed E-state index contributed by atoms with van der Waals surface area (Å²) in [5.74, 6) is -0.674. The number of hydrogen-bond acceptors (Lipinski definition) is 4. The van der Waals surface area contributed by atoms with Crippen molar-refractivity contribution in [2.24, 2.45) is 0 Å². The molecule has 1 amide bonds. The molecule has 9 heteroatoms. The fourth-order valence-electron chi connectivity index (χ4n) is 1.37. The molecule has 21 heavy (non-hydrogen) atoms. The first kappa shape index (κ1) is 16.9. The maximum absolute atomic E-state index is 12.8. The highest BCUT2D eigenvalue weighted by molar-refractivity contribution is 5.96. The van der Waals surface area contributed by atoms with Gasteiger partial charge in [0.1, 0.15) is 11.2 Å². The molecule has 0 heterocycles. The third kappa shape index (κ3) is 3.91. The molecule has 1 aromatic carbocycles. The summed E-state index contributed by atoms with van der Waals surface area (Å²) in [7, 11) is 1.27. The van der Waals surface area contributed by atoms with Crippen molar-refractivity contribution < 1.29 is 27.6 Å². The van der Waals surface area contributed by atoms with Crippen molar-refractivity contribution in [1.82, 2.24) is 0 Å². The van der Waals surface area contributed by atoms with Crippen molar-refractivity contribution in [3.8, 4) is 0 Å². The fourth-order valence-corrected chi connectivity index (χ4v) is 1.37. The number of hydrogen-bond donors (Lipinski definition) is 1. The molecule has 0 aliphatic rings. The van der Waals surface area contributed by atoms with Crippen LogP contribution >= 0.6 is 0 Å². The number of nitrogens with one attached hydrogen (secondary N) is 1. The third-order valence-corrected chi connectivity index (χ3v) is 2.81. The molecular weight excluding hydrogens is 293 g/mol. The first-order valence-corrected chi connectivity index (χ1v) is 5.71. The topological polar surface area (TPSA) is 81.5 Å². The van der Waals surface area contributed by atoms with Gasteiger partial charge in [-0.15, -0.1) is 0 Å². The average Bonchev–Trinajstić information content (AvgIpc) is 2.37. The lowest BCUT2D eigenvalue weighted by atomic mass is 10.1. The Bertz CT molecular complexity index is 570. The molecule has 1 rings (SSSR count). The van der Waals surface area contributed by atoms with E-state index in [9.17, 15) is 28.1 Å². The molecule has 6 nitrogen and oxygen atoms in total. The highest BCUT2D eigenvalue weighted by atomic mass is 19.4. The lowest BCUT2D eigenvalue weighted by Gasteiger charge is -2.22. The highest BCUT2D eigenvalue weighted by Gasteiger charge is 2.38. The predicted octanol–water partition coefficient (Wildman–Crippen LogP) is 2.98. The quantitative estimate of drug-likeness (QED) is 0.685. The minimum atomic E-state index is -4.90. The van der Waals surface area contributed by atoms with Crippen molar-refractivity contribution >= 4 is 17.3 Å². The Morgan fingerprint density at radius 3 is 2.33 bits per heavy atom. The van der Waals surface area contributed by atoms with Gasteiger partial charge in [-0.05, 0) is 26.0 Å². The second-order valence-corrected chi connectivity index (χ2v) is 4.66. The Morgan fingerprint density at radius 1 is 1.33 bits per heavy atom. The Labute approximate surface area is 118 Å². The van der Waals surface area contributed by atoms with Gasteiger partial charge in [0.25, 0.3) is 11.6 Å². The Hall–Kier alpha value is -2.16. The molecule has 1 aromatic rings. The number of nitro groups is 1. The van der Waals surface area contributed by atoms with Crippen LogP contribution in [0.5, 0.6) is 0 Å². The van der Waals surface area contributed by atoms with Crippen LogP contribution in [0.3, 0.4) is 0 Å². The summed E-state index contributed by atoms with van der Waals surface area (Å²) in [5, 5.41) is 12.8. The van der Waals surface area contributed by atoms with Crippen LogP contribution in [-0.4, -0.2) is 23.5 Å². The van der Waals surface area contributed by atoms with E-state index in [0.717, 1.165) is 6.07 Å². The van der Waals surface area contributed by atoms with Crippen LogP contribution in [0.1, 0.15) is 19.4 Å². The van der Waals surface area contributed by atoms with Gasteiger partial charge >= 0.3 is 6.18 Å². The molecular formula is C12H13F3N2O4. The number of rotatable bonds is 4. The van der Waals surface area contributed by atoms with Gasteiger partial charge in [0.05, 0.1) is 4.92 Å². The lowest BCUT2D eigenvalue weighted by Crippen LogP contribution is -2.38. The zero-order valence-electron chi connectivity index (χ0n) is 11.4. The zero-order valence-corrected chi connectivity index (χ0v) is 11.4. The summed E-state index contributed by atoms with van der Waals surface area (Å²) >= 11 is 0. The molecule has 0 saturated heterocycles. The standard InChI is InChI=1S/C12H13F3N2O4/c1-11(2,21-3)10(18)16-7-4-5-9(17(19)20)8(6-7)12(13,14)15/h4-6H,1-3H3,(H,16,18). The smallest absolute Gasteiger partial charge is 0.369 e. The number of nitrogens with zero attached hydrogens (tertiary/aromatic N) is 1. The Kier molecular flexibility index (Phi) is 4.57. The summed E-state index contributed by atoms with van der Waals surface area (Å²) < 4.78 is 43.2. The highest BCUT2D eigenvalue weighted by Crippen LogP contribution is 2.37. The second kappa shape index (κ2) is 5.68. The van der Waals surface area contributed by atoms with E-state index < -0.39 is 33.9 Å². The van der Waals surface area contributed by atoms with Gasteiger partial charge in [0, 0.05) is 18.9 Å². The largest absolute Gasteiger partial charge is 0.423 e. The van der Waals surface area contributed by atoms with Gasteiger partial charge in [0.15, 0.2) is 0 Å². The lowest BCUT2D eigenvalue weighted by molar-refractivity contribution is -0.388. The van der Waals surface area contributed by atoms with E-state index in [1.54, 1.807) is 0 Å². The van der Waals surface area contributed by atoms with Gasteiger partial charge in [-0.3, -0.25) is 14.9 Å². The van der Waals surface area contributed by atoms with Crippen LogP contribution < -0.4 is 5.32 Å². The van der Waals surface area contributed by atoms with Gasteiger partial charge in [-0.25, -0.2) is 0 Å². The molecule has 0 aromatic heterocycles. The van der Waals surface area contributed by atoms with Crippen molar-refractivity contribution in [1.29, 1.82) is 0 Å². The monoisotopic (exact) mass is 306 g/mol. The molecule has 0 aliphatic heterocycles. The fraction of sp³-hybridized carbons (Fsp3) is 0.417. The van der Waals surface area contributed by atoms with Crippen molar-refractivity contribution in [2.75, 3.05) is 12.4 Å². The maximum Gasteiger partial charge on any atom is 0.423 e. The van der Waals surface area contributed by atoms with Crippen LogP contribution in [-0.2, 0) is 15.7 Å². The number of carbonyl (C=O) groups excluding carboxylic acids is 1. The normalized spacial score (nSPS) is 12.1. The predicted molar refractivity (Wildman–Crippen MR) is 67.8 cm³/mol. The Balaban J connectivity index is 3.18. The SMILES string of the molecule is COC(C)(C)C(=O)Nc1ccc([N+](=O)[O-])c(C(F)(F)F)c1. The molecule has 116 valence electrons. The summed E-state index contributed by atoms with van der Waals surface area (Å²) in [6.07, 6.45) is -4.90. The van der Waals surface area contributed by atoms with Gasteiger partial charge in [0.2, 0.25) is 0 Å². The van der Waals surface area contributed by atoms with Crippen molar-refractivity contribution in [3.63, 3.8) is 0 Å². The molecule has 0 aliphatic carbocycles. The molecule has 1 N–H and O–H groups in total. The third-order valence-electron chi connectivity index (χ3n) is 2.81. The summed E-state index contributed by atoms with van der Waals surface area (Å²) in [6.45, 7) is 2.86. The number of ether oxygens (including phenoxy) is 1. The van der Waals surface area contributed by atoms with Gasteiger partial charge in [-0.1, -0.05) is 0 Å². The molecule has 0 radical (unpaired) electrons. The van der Waals surface area contributed by atoms with E-state index in [0.29, 0.717) is 12.1 Å². The molecule has 0 unspecified atom stereocenters. The zero-order chi connectivity index (χ0) is 16.4. The Morgan fingerprint density at radius 2 is 1.90 bits per heavy atom. The van der Waals surface area contributed by atoms with Crippen LogP contribution in [0.4, 0.5) is 24.5 Å². The van der Waals surface area contributed by atoms with E-state index in [1.807, 2.05) is 0 Å². The number of halogens is 3. The van der Waals surface area contributed by atoms with Crippen LogP contribution in [0.25, 0.3) is 0 Å². The second-order valence-electron chi connectivity index (χ2n) is 4.66. The average molecular weight is 306 g/mol. The molecule has 0 bridgehead atoms. The molecule has 0 atom stereocenters. The number of anilines is 1. The maximum atomic E-state index is 12.8. The summed E-state index contributed by atoms with van der Waals surface area (Å²) in [4.78, 5) is 21.3.